The van der Waals surface area contributed by atoms with E-state index in [9.17, 15) is 0 Å². The minimum Gasteiger partial charge on any atom is -1.00 e. The Morgan fingerprint density at radius 1 is 0.241 bits per heavy atom. The van der Waals surface area contributed by atoms with Gasteiger partial charge in [-0.1, -0.05) is 85.1 Å². The van der Waals surface area contributed by atoms with E-state index < -0.39 is 0 Å². The van der Waals surface area contributed by atoms with Gasteiger partial charge >= 0.3 is 0 Å². The molecule has 0 heterocycles. The molecule has 0 amide bonds. The number of thioether (sulfide) groups is 6. The second-order valence-electron chi connectivity index (χ2n) is 27.9. The number of allylic oxidation sites excluding steroid dienone is 2. The molecule has 6 aliphatic rings. The maximum atomic E-state index is 6.24. The van der Waals surface area contributed by atoms with Crippen LogP contribution in [0.2, 0.25) is 0 Å². The fourth-order valence-corrected chi connectivity index (χ4v) is 20.7. The van der Waals surface area contributed by atoms with Crippen molar-refractivity contribution in [1.29, 1.82) is 0 Å². The van der Waals surface area contributed by atoms with Gasteiger partial charge in [-0.2, -0.15) is 70.6 Å². The molecule has 0 saturated heterocycles. The first-order valence-electron chi connectivity index (χ1n) is 35.6. The summed E-state index contributed by atoms with van der Waals surface area (Å²) in [5, 5.41) is 30.6. The summed E-state index contributed by atoms with van der Waals surface area (Å²) in [6.07, 6.45) is 53.3. The summed E-state index contributed by atoms with van der Waals surface area (Å²) in [5.41, 5.74) is 7.85. The summed E-state index contributed by atoms with van der Waals surface area (Å²) in [6, 6.07) is 0. The van der Waals surface area contributed by atoms with Crippen LogP contribution in [-0.4, -0.2) is 88.9 Å². The van der Waals surface area contributed by atoms with Crippen LogP contribution in [0.5, 0.6) is 0 Å². The molecule has 14 heteroatoms. The Kier molecular flexibility index (Phi) is 56.4. The molecular formula is C73H136Cl4N4S6. The van der Waals surface area contributed by atoms with E-state index in [1.807, 2.05) is 0 Å². The van der Waals surface area contributed by atoms with Crippen LogP contribution in [0.1, 0.15) is 305 Å². The first kappa shape index (κ1) is 88.4. The average Bonchev–Trinajstić information content (AvgIpc) is 3.66. The van der Waals surface area contributed by atoms with Crippen LogP contribution in [-0.2, 0) is 0 Å². The molecule has 12 unspecified atom stereocenters. The highest BCUT2D eigenvalue weighted by Crippen LogP contribution is 2.41. The van der Waals surface area contributed by atoms with Gasteiger partial charge in [0.1, 0.15) is 22.8 Å². The molecule has 6 rings (SSSR count). The minimum atomic E-state index is 0. The van der Waals surface area contributed by atoms with Crippen molar-refractivity contribution in [3.63, 3.8) is 0 Å². The summed E-state index contributed by atoms with van der Waals surface area (Å²) < 4.78 is 0. The molecule has 0 aromatic carbocycles. The Labute approximate surface area is 590 Å². The van der Waals surface area contributed by atoms with Gasteiger partial charge in [0.05, 0.1) is 0 Å². The van der Waals surface area contributed by atoms with Crippen molar-refractivity contribution in [2.75, 3.05) is 34.5 Å². The Morgan fingerprint density at radius 3 is 0.609 bits per heavy atom. The lowest BCUT2D eigenvalue weighted by atomic mass is 9.87. The molecule has 0 radical (unpaired) electrons. The van der Waals surface area contributed by atoms with Crippen molar-refractivity contribution in [2.24, 2.45) is 35.5 Å². The number of hydrogen-bond acceptors (Lipinski definition) is 6. The first-order chi connectivity index (χ1) is 40.2. The van der Waals surface area contributed by atoms with E-state index in [1.54, 1.807) is 0 Å². The molecule has 8 N–H and O–H groups in total. The lowest BCUT2D eigenvalue weighted by Crippen LogP contribution is -3.00. The van der Waals surface area contributed by atoms with Crippen LogP contribution in [0.4, 0.5) is 0 Å². The largest absolute Gasteiger partial charge is 1.00 e. The third-order valence-corrected chi connectivity index (χ3v) is 30.1. The molecule has 6 saturated carbocycles. The predicted molar refractivity (Wildman–Crippen MR) is 388 cm³/mol. The standard InChI is InChI=1S/C26H47NS2.C24H43NS2.C23H42N2S2.4ClH/c1-21(12-8-9-19-28-25-17-15-22(25)2)11-6-4-5-7-13-24(27)14-10-20-29-26-18-16-23(26)3;1-19(10-6-7-17-26-23-15-13-20(23)2)9-4-5-11-22(25)12-8-18-27-24-16-14-21(24)3;1-18-12-14-22(18)26-16-6-10-20(24)8-4-3-5-9-21(25)11-7-17-27-23-15-13-19(23)2;;;;/h22-23,25-27H,1,4-20H2,2-3H3;20-21,23-25H,1,4-18H2,2-3H3;18-19,22-25H,3-17H2,1-2H3;4*1H. The van der Waals surface area contributed by atoms with Crippen LogP contribution in [0.15, 0.2) is 24.3 Å². The van der Waals surface area contributed by atoms with E-state index in [1.165, 1.54) is 280 Å². The zero-order chi connectivity index (χ0) is 59.9. The van der Waals surface area contributed by atoms with E-state index in [-0.39, 0.29) is 49.6 Å². The zero-order valence-corrected chi connectivity index (χ0v) is 64.8. The maximum absolute atomic E-state index is 6.24. The number of hydrogen-bond donors (Lipinski definition) is 4. The molecule has 6 fully saturated rings. The second kappa shape index (κ2) is 55.5. The molecule has 0 aliphatic heterocycles. The highest BCUT2D eigenvalue weighted by Gasteiger charge is 2.30. The molecule has 4 nitrogen and oxygen atoms in total. The van der Waals surface area contributed by atoms with Crippen molar-refractivity contribution in [3.8, 4) is 0 Å². The van der Waals surface area contributed by atoms with Gasteiger partial charge in [0.2, 0.25) is 0 Å². The average molecular weight is 1400 g/mol. The topological polar surface area (TPSA) is 102 Å². The van der Waals surface area contributed by atoms with Crippen molar-refractivity contribution in [1.82, 2.24) is 0 Å². The molecule has 0 spiro atoms. The summed E-state index contributed by atoms with van der Waals surface area (Å²) in [4.78, 5) is 0. The monoisotopic (exact) mass is 1400 g/mol. The molecule has 87 heavy (non-hydrogen) atoms. The van der Waals surface area contributed by atoms with Crippen molar-refractivity contribution < 1.29 is 71.3 Å². The molecule has 12 atom stereocenters. The van der Waals surface area contributed by atoms with Gasteiger partial charge < -0.3 is 49.6 Å². The van der Waals surface area contributed by atoms with Gasteiger partial charge in [0.25, 0.3) is 0 Å². The lowest BCUT2D eigenvalue weighted by molar-refractivity contribution is -0.120. The smallest absolute Gasteiger partial charge is 0.149 e. The third kappa shape index (κ3) is 41.9. The van der Waals surface area contributed by atoms with Gasteiger partial charge in [-0.25, -0.2) is 0 Å². The van der Waals surface area contributed by atoms with Crippen molar-refractivity contribution in [3.05, 3.63) is 24.3 Å². The SMILES string of the molecule is C=C(CCCCCCC(=[NH2+])CCCSC1CCC1C)CCCCSC1CCC1C.C=C(CCCCSC1CCC1C)CCCCC(=[NH2+])CCCSC1CCC1C.CC1CCC1SCCCC(=[NH2+])CCCCCC(=[NH2+])CCCSC1CCC1C.[Cl-].[Cl-].[Cl-].[Cl-]. The number of nitrogens with two attached hydrogens (primary N) is 4. The molecule has 6 aliphatic carbocycles. The zero-order valence-electron chi connectivity index (χ0n) is 56.8. The van der Waals surface area contributed by atoms with Crippen LogP contribution in [0, 0.1) is 35.5 Å². The Hall–Kier alpha value is 1.42. The van der Waals surface area contributed by atoms with E-state index in [0.29, 0.717) is 0 Å². The van der Waals surface area contributed by atoms with E-state index in [0.717, 1.165) is 118 Å². The van der Waals surface area contributed by atoms with Gasteiger partial charge in [-0.15, -0.1) is 0 Å². The number of unbranched alkanes of at least 4 members (excludes halogenated alkanes) is 8. The summed E-state index contributed by atoms with van der Waals surface area (Å²) in [5.74, 6) is 13.6. The maximum Gasteiger partial charge on any atom is 0.149 e. The molecule has 512 valence electrons. The lowest BCUT2D eigenvalue weighted by Gasteiger charge is -2.33. The van der Waals surface area contributed by atoms with Gasteiger partial charge in [0.15, 0.2) is 0 Å². The van der Waals surface area contributed by atoms with Gasteiger partial charge in [-0.3, -0.25) is 21.6 Å². The second-order valence-corrected chi connectivity index (χ2v) is 36.0. The van der Waals surface area contributed by atoms with E-state index in [4.69, 9.17) is 21.6 Å². The van der Waals surface area contributed by atoms with Crippen LogP contribution < -0.4 is 71.3 Å². The van der Waals surface area contributed by atoms with Crippen LogP contribution in [0.3, 0.4) is 0 Å². The Morgan fingerprint density at radius 2 is 0.402 bits per heavy atom. The fourth-order valence-electron chi connectivity index (χ4n) is 12.3. The van der Waals surface area contributed by atoms with Crippen molar-refractivity contribution in [2.45, 2.75) is 336 Å². The molecular weight excluding hydrogens is 1270 g/mol. The van der Waals surface area contributed by atoms with Crippen LogP contribution in [0.25, 0.3) is 0 Å². The fraction of sp³-hybridized carbons (Fsp3) is 0.890. The van der Waals surface area contributed by atoms with Gasteiger partial charge in [-0.05, 0) is 263 Å². The van der Waals surface area contributed by atoms with Gasteiger partial charge in [0, 0.05) is 82.9 Å². The normalized spacial score (nSPS) is 25.4. The number of rotatable bonds is 50. The summed E-state index contributed by atoms with van der Waals surface area (Å²) >= 11 is 13.2. The van der Waals surface area contributed by atoms with E-state index in [2.05, 4.69) is 125 Å². The predicted octanol–water partition coefficient (Wildman–Crippen LogP) is 5.39. The Balaban J connectivity index is 0.00000125. The van der Waals surface area contributed by atoms with Crippen LogP contribution >= 0.6 is 70.6 Å². The molecule has 0 aromatic rings. The van der Waals surface area contributed by atoms with Crippen molar-refractivity contribution >= 4 is 93.4 Å². The third-order valence-electron chi connectivity index (χ3n) is 20.2. The molecule has 0 aromatic heterocycles. The highest BCUT2D eigenvalue weighted by molar-refractivity contribution is 8.01. The molecule has 0 bridgehead atoms. The minimum absolute atomic E-state index is 0. The quantitative estimate of drug-likeness (QED) is 0.0371. The number of halogens is 4. The highest BCUT2D eigenvalue weighted by atomic mass is 35.5. The summed E-state index contributed by atoms with van der Waals surface area (Å²) in [6.45, 7) is 23.0. The first-order valence-corrected chi connectivity index (χ1v) is 41.9. The summed E-state index contributed by atoms with van der Waals surface area (Å²) in [7, 11) is 0. The Bertz CT molecular complexity index is 1750. The van der Waals surface area contributed by atoms with E-state index >= 15 is 0 Å².